The summed E-state index contributed by atoms with van der Waals surface area (Å²) in [6, 6.07) is 10.2. The lowest BCUT2D eigenvalue weighted by Gasteiger charge is -2.13. The van der Waals surface area contributed by atoms with E-state index in [0.29, 0.717) is 30.6 Å². The first kappa shape index (κ1) is 15.9. The summed E-state index contributed by atoms with van der Waals surface area (Å²) in [5.74, 6) is -0.648. The molecule has 1 aliphatic rings. The summed E-state index contributed by atoms with van der Waals surface area (Å²) in [6.07, 6.45) is 2.96. The van der Waals surface area contributed by atoms with Crippen molar-refractivity contribution in [1.82, 2.24) is 10.4 Å². The quantitative estimate of drug-likeness (QED) is 0.473. The lowest BCUT2D eigenvalue weighted by Crippen LogP contribution is -2.40. The lowest BCUT2D eigenvalue weighted by molar-refractivity contribution is -0.133. The first-order valence-corrected chi connectivity index (χ1v) is 7.55. The topological polar surface area (TPSA) is 88.9 Å². The van der Waals surface area contributed by atoms with Crippen LogP contribution in [0.25, 0.3) is 0 Å². The molecule has 1 aliphatic heterocycles. The molecule has 1 N–H and O–H groups in total. The third-order valence-electron chi connectivity index (χ3n) is 3.62. The van der Waals surface area contributed by atoms with Gasteiger partial charge in [-0.2, -0.15) is 0 Å². The summed E-state index contributed by atoms with van der Waals surface area (Å²) < 4.78 is 5.18. The Morgan fingerprint density at radius 2 is 1.79 bits per heavy atom. The highest BCUT2D eigenvalue weighted by atomic mass is 16.6. The molecule has 0 unspecified atom stereocenters. The number of amides is 3. The summed E-state index contributed by atoms with van der Waals surface area (Å²) in [6.45, 7) is -0.0703. The van der Waals surface area contributed by atoms with Crippen LogP contribution in [-0.4, -0.2) is 35.8 Å². The molecule has 3 amide bonds. The first-order valence-electron chi connectivity index (χ1n) is 7.55. The largest absolute Gasteiger partial charge is 0.469 e. The van der Waals surface area contributed by atoms with Gasteiger partial charge in [0.1, 0.15) is 12.3 Å². The highest BCUT2D eigenvalue weighted by molar-refractivity contribution is 6.22. The zero-order valence-electron chi connectivity index (χ0n) is 12.9. The Morgan fingerprint density at radius 3 is 2.42 bits per heavy atom. The van der Waals surface area contributed by atoms with E-state index in [2.05, 4.69) is 5.48 Å². The van der Waals surface area contributed by atoms with Crippen LogP contribution >= 0.6 is 0 Å². The molecule has 1 aromatic heterocycles. The van der Waals surface area contributed by atoms with Crippen molar-refractivity contribution in [2.45, 2.75) is 12.8 Å². The standard InChI is InChI=1S/C17H16N2O5/c20-15(18-24-10-4-6-12-5-3-9-23-12)11-19-16(21)13-7-1-2-8-14(13)17(19)22/h1-3,5,7-9H,4,6,10-11H2,(H,18,20). The number of rotatable bonds is 7. The van der Waals surface area contributed by atoms with Crippen LogP contribution in [0.2, 0.25) is 0 Å². The van der Waals surface area contributed by atoms with Gasteiger partial charge in [-0.3, -0.25) is 24.1 Å². The zero-order chi connectivity index (χ0) is 16.9. The molecule has 0 saturated carbocycles. The number of carbonyl (C=O) groups excluding carboxylic acids is 3. The Labute approximate surface area is 138 Å². The number of fused-ring (bicyclic) bond motifs is 1. The van der Waals surface area contributed by atoms with Gasteiger partial charge in [-0.1, -0.05) is 12.1 Å². The van der Waals surface area contributed by atoms with Crippen molar-refractivity contribution in [2.75, 3.05) is 13.2 Å². The fourth-order valence-electron chi connectivity index (χ4n) is 2.46. The van der Waals surface area contributed by atoms with Gasteiger partial charge in [-0.15, -0.1) is 0 Å². The van der Waals surface area contributed by atoms with Gasteiger partial charge in [0.05, 0.1) is 24.0 Å². The Kier molecular flexibility index (Phi) is 4.72. The van der Waals surface area contributed by atoms with Crippen molar-refractivity contribution >= 4 is 17.7 Å². The fourth-order valence-corrected chi connectivity index (χ4v) is 2.46. The maximum atomic E-state index is 12.1. The molecule has 0 saturated heterocycles. The molecule has 0 atom stereocenters. The minimum atomic E-state index is -0.553. The summed E-state index contributed by atoms with van der Waals surface area (Å²) in [5, 5.41) is 0. The molecule has 0 radical (unpaired) electrons. The SMILES string of the molecule is O=C(CN1C(=O)c2ccccc2C1=O)NOCCCc1ccco1. The van der Waals surface area contributed by atoms with E-state index in [-0.39, 0.29) is 6.54 Å². The number of carbonyl (C=O) groups is 3. The molecule has 0 fully saturated rings. The molecule has 0 aliphatic carbocycles. The van der Waals surface area contributed by atoms with Crippen LogP contribution in [0.5, 0.6) is 0 Å². The predicted molar refractivity (Wildman–Crippen MR) is 82.9 cm³/mol. The van der Waals surface area contributed by atoms with E-state index in [4.69, 9.17) is 9.25 Å². The number of hydroxylamine groups is 1. The number of nitrogens with one attached hydrogen (secondary N) is 1. The van der Waals surface area contributed by atoms with Gasteiger partial charge in [-0.05, 0) is 30.7 Å². The Balaban J connectivity index is 1.42. The molecule has 3 rings (SSSR count). The van der Waals surface area contributed by atoms with Gasteiger partial charge in [0, 0.05) is 6.42 Å². The lowest BCUT2D eigenvalue weighted by atomic mass is 10.1. The van der Waals surface area contributed by atoms with E-state index in [9.17, 15) is 14.4 Å². The van der Waals surface area contributed by atoms with Crippen molar-refractivity contribution in [1.29, 1.82) is 0 Å². The summed E-state index contributed by atoms with van der Waals surface area (Å²) in [5.41, 5.74) is 2.87. The third-order valence-corrected chi connectivity index (χ3v) is 3.62. The molecule has 0 spiro atoms. The van der Waals surface area contributed by atoms with Crippen LogP contribution in [0.4, 0.5) is 0 Å². The number of imide groups is 1. The van der Waals surface area contributed by atoms with Crippen LogP contribution in [0, 0.1) is 0 Å². The van der Waals surface area contributed by atoms with Gasteiger partial charge in [0.25, 0.3) is 17.7 Å². The average molecular weight is 328 g/mol. The van der Waals surface area contributed by atoms with Crippen molar-refractivity contribution < 1.29 is 23.6 Å². The van der Waals surface area contributed by atoms with Crippen LogP contribution in [-0.2, 0) is 16.1 Å². The van der Waals surface area contributed by atoms with Crippen molar-refractivity contribution in [3.8, 4) is 0 Å². The van der Waals surface area contributed by atoms with Gasteiger partial charge >= 0.3 is 0 Å². The number of hydrogen-bond acceptors (Lipinski definition) is 5. The summed E-state index contributed by atoms with van der Waals surface area (Å²) in [7, 11) is 0. The molecule has 1 aromatic carbocycles. The average Bonchev–Trinajstić information content (AvgIpc) is 3.18. The van der Waals surface area contributed by atoms with Gasteiger partial charge in [0.15, 0.2) is 0 Å². The van der Waals surface area contributed by atoms with Crippen molar-refractivity contribution in [2.24, 2.45) is 0 Å². The molecule has 2 aromatic rings. The van der Waals surface area contributed by atoms with E-state index in [0.717, 1.165) is 10.7 Å². The Morgan fingerprint density at radius 1 is 1.08 bits per heavy atom. The number of furan rings is 1. The minimum absolute atomic E-state index is 0.300. The Bertz CT molecular complexity index is 719. The molecule has 7 nitrogen and oxygen atoms in total. The van der Waals surface area contributed by atoms with E-state index < -0.39 is 17.7 Å². The highest BCUT2D eigenvalue weighted by Crippen LogP contribution is 2.21. The van der Waals surface area contributed by atoms with Crippen LogP contribution in [0.15, 0.2) is 47.1 Å². The molecule has 24 heavy (non-hydrogen) atoms. The van der Waals surface area contributed by atoms with Crippen LogP contribution in [0.1, 0.15) is 32.9 Å². The van der Waals surface area contributed by atoms with Gasteiger partial charge in [-0.25, -0.2) is 5.48 Å². The molecule has 7 heteroatoms. The summed E-state index contributed by atoms with van der Waals surface area (Å²) in [4.78, 5) is 42.1. The molecular weight excluding hydrogens is 312 g/mol. The zero-order valence-corrected chi connectivity index (χ0v) is 12.9. The van der Waals surface area contributed by atoms with Crippen molar-refractivity contribution in [3.63, 3.8) is 0 Å². The number of aryl methyl sites for hydroxylation is 1. The van der Waals surface area contributed by atoms with E-state index in [1.165, 1.54) is 0 Å². The van der Waals surface area contributed by atoms with E-state index >= 15 is 0 Å². The molecule has 0 bridgehead atoms. The van der Waals surface area contributed by atoms with E-state index in [1.54, 1.807) is 36.6 Å². The maximum absolute atomic E-state index is 12.1. The second-order valence-electron chi connectivity index (χ2n) is 5.30. The fraction of sp³-hybridized carbons (Fsp3) is 0.235. The Hall–Kier alpha value is -2.93. The first-order chi connectivity index (χ1) is 11.7. The van der Waals surface area contributed by atoms with Crippen molar-refractivity contribution in [3.05, 3.63) is 59.5 Å². The monoisotopic (exact) mass is 328 g/mol. The third kappa shape index (κ3) is 3.36. The molecule has 2 heterocycles. The normalized spacial score (nSPS) is 13.2. The number of benzene rings is 1. The highest BCUT2D eigenvalue weighted by Gasteiger charge is 2.36. The second-order valence-corrected chi connectivity index (χ2v) is 5.30. The minimum Gasteiger partial charge on any atom is -0.469 e. The van der Waals surface area contributed by atoms with Crippen LogP contribution < -0.4 is 5.48 Å². The summed E-state index contributed by atoms with van der Waals surface area (Å²) >= 11 is 0. The molecular formula is C17H16N2O5. The smallest absolute Gasteiger partial charge is 0.263 e. The van der Waals surface area contributed by atoms with Gasteiger partial charge in [0.2, 0.25) is 0 Å². The second kappa shape index (κ2) is 7.10. The number of hydrogen-bond donors (Lipinski definition) is 1. The van der Waals surface area contributed by atoms with Gasteiger partial charge < -0.3 is 4.42 Å². The van der Waals surface area contributed by atoms with E-state index in [1.807, 2.05) is 6.07 Å². The van der Waals surface area contributed by atoms with Crippen LogP contribution in [0.3, 0.4) is 0 Å². The maximum Gasteiger partial charge on any atom is 0.263 e. The number of nitrogens with zero attached hydrogens (tertiary/aromatic N) is 1. The predicted octanol–water partition coefficient (Wildman–Crippen LogP) is 1.56. The molecule has 124 valence electrons.